The van der Waals surface area contributed by atoms with E-state index in [0.29, 0.717) is 13.1 Å². The van der Waals surface area contributed by atoms with Crippen LogP contribution < -0.4 is 10.6 Å². The van der Waals surface area contributed by atoms with E-state index in [-0.39, 0.29) is 0 Å². The van der Waals surface area contributed by atoms with Gasteiger partial charge in [0.1, 0.15) is 0 Å². The van der Waals surface area contributed by atoms with Crippen molar-refractivity contribution in [1.29, 1.82) is 0 Å². The molecule has 2 atom stereocenters. The molecule has 0 saturated heterocycles. The molecular formula is C14H24N2O2. The molecule has 0 fully saturated rings. The number of anilines is 2. The molecule has 0 aromatic heterocycles. The summed E-state index contributed by atoms with van der Waals surface area (Å²) in [5.41, 5.74) is 4.23. The Labute approximate surface area is 109 Å². The van der Waals surface area contributed by atoms with Gasteiger partial charge < -0.3 is 20.8 Å². The maximum Gasteiger partial charge on any atom is 0.0684 e. The topological polar surface area (TPSA) is 64.5 Å². The molecule has 4 heteroatoms. The molecule has 0 radical (unpaired) electrons. The SMILES string of the molecule is Cc1ccc(C)c(NCC(C)O)c1NCC(C)O. The monoisotopic (exact) mass is 252 g/mol. The molecule has 0 saturated carbocycles. The van der Waals surface area contributed by atoms with Crippen molar-refractivity contribution in [2.45, 2.75) is 39.9 Å². The van der Waals surface area contributed by atoms with Crippen LogP contribution in [-0.2, 0) is 0 Å². The fourth-order valence-electron chi connectivity index (χ4n) is 1.77. The Kier molecular flexibility index (Phi) is 5.44. The van der Waals surface area contributed by atoms with Crippen molar-refractivity contribution < 1.29 is 10.2 Å². The molecule has 1 aromatic rings. The highest BCUT2D eigenvalue weighted by molar-refractivity contribution is 5.75. The van der Waals surface area contributed by atoms with Crippen LogP contribution in [0.25, 0.3) is 0 Å². The maximum absolute atomic E-state index is 9.36. The molecule has 0 spiro atoms. The minimum absolute atomic E-state index is 0.394. The lowest BCUT2D eigenvalue weighted by atomic mass is 10.1. The Morgan fingerprint density at radius 1 is 0.889 bits per heavy atom. The predicted molar refractivity (Wildman–Crippen MR) is 76.3 cm³/mol. The van der Waals surface area contributed by atoms with Crippen LogP contribution in [0.2, 0.25) is 0 Å². The first-order chi connectivity index (χ1) is 8.41. The largest absolute Gasteiger partial charge is 0.392 e. The molecule has 1 rings (SSSR count). The molecule has 0 aliphatic heterocycles. The smallest absolute Gasteiger partial charge is 0.0684 e. The maximum atomic E-state index is 9.36. The zero-order valence-electron chi connectivity index (χ0n) is 11.6. The van der Waals surface area contributed by atoms with Crippen LogP contribution in [0, 0.1) is 13.8 Å². The van der Waals surface area contributed by atoms with E-state index in [1.54, 1.807) is 13.8 Å². The molecule has 0 amide bonds. The second-order valence-electron chi connectivity index (χ2n) is 4.91. The zero-order valence-corrected chi connectivity index (χ0v) is 11.6. The van der Waals surface area contributed by atoms with Gasteiger partial charge in [0.05, 0.1) is 23.6 Å². The third-order valence-corrected chi connectivity index (χ3v) is 2.77. The van der Waals surface area contributed by atoms with Crippen LogP contribution >= 0.6 is 0 Å². The first kappa shape index (κ1) is 14.8. The van der Waals surface area contributed by atoms with Crippen LogP contribution in [0.15, 0.2) is 12.1 Å². The summed E-state index contributed by atoms with van der Waals surface area (Å²) < 4.78 is 0. The van der Waals surface area contributed by atoms with Gasteiger partial charge in [0.2, 0.25) is 0 Å². The zero-order chi connectivity index (χ0) is 13.7. The van der Waals surface area contributed by atoms with Crippen molar-refractivity contribution in [2.24, 2.45) is 0 Å². The summed E-state index contributed by atoms with van der Waals surface area (Å²) in [4.78, 5) is 0. The number of rotatable bonds is 6. The number of aliphatic hydroxyl groups excluding tert-OH is 2. The fraction of sp³-hybridized carbons (Fsp3) is 0.571. The lowest BCUT2D eigenvalue weighted by molar-refractivity contribution is 0.207. The minimum atomic E-state index is -0.394. The lowest BCUT2D eigenvalue weighted by Gasteiger charge is -2.20. The first-order valence-corrected chi connectivity index (χ1v) is 6.36. The van der Waals surface area contributed by atoms with E-state index < -0.39 is 12.2 Å². The van der Waals surface area contributed by atoms with E-state index in [9.17, 15) is 10.2 Å². The van der Waals surface area contributed by atoms with Gasteiger partial charge in [0.15, 0.2) is 0 Å². The molecule has 18 heavy (non-hydrogen) atoms. The van der Waals surface area contributed by atoms with E-state index in [0.717, 1.165) is 22.5 Å². The Morgan fingerprint density at radius 3 is 1.50 bits per heavy atom. The van der Waals surface area contributed by atoms with E-state index >= 15 is 0 Å². The van der Waals surface area contributed by atoms with Crippen molar-refractivity contribution in [3.05, 3.63) is 23.3 Å². The molecule has 0 heterocycles. The Balaban J connectivity index is 2.93. The van der Waals surface area contributed by atoms with Crippen LogP contribution in [-0.4, -0.2) is 35.5 Å². The van der Waals surface area contributed by atoms with Gasteiger partial charge in [-0.2, -0.15) is 0 Å². The molecule has 1 aromatic carbocycles. The standard InChI is InChI=1S/C14H24N2O2/c1-9-5-6-10(2)14(16-8-12(4)18)13(9)15-7-11(3)17/h5-6,11-12,15-18H,7-8H2,1-4H3. The van der Waals surface area contributed by atoms with Crippen molar-refractivity contribution >= 4 is 11.4 Å². The van der Waals surface area contributed by atoms with Gasteiger partial charge in [0, 0.05) is 13.1 Å². The number of benzene rings is 1. The summed E-state index contributed by atoms with van der Waals surface area (Å²) in [6.45, 7) is 8.57. The number of aryl methyl sites for hydroxylation is 2. The van der Waals surface area contributed by atoms with Gasteiger partial charge in [-0.3, -0.25) is 0 Å². The molecule has 4 N–H and O–H groups in total. The van der Waals surface area contributed by atoms with Crippen LogP contribution in [0.4, 0.5) is 11.4 Å². The van der Waals surface area contributed by atoms with Crippen molar-refractivity contribution in [1.82, 2.24) is 0 Å². The predicted octanol–water partition coefficient (Wildman–Crippen LogP) is 1.89. The number of nitrogens with one attached hydrogen (secondary N) is 2. The first-order valence-electron chi connectivity index (χ1n) is 6.36. The summed E-state index contributed by atoms with van der Waals surface area (Å²) >= 11 is 0. The average Bonchev–Trinajstić information content (AvgIpc) is 2.28. The van der Waals surface area contributed by atoms with Gasteiger partial charge in [-0.15, -0.1) is 0 Å². The van der Waals surface area contributed by atoms with E-state index in [1.165, 1.54) is 0 Å². The molecular weight excluding hydrogens is 228 g/mol. The fourth-order valence-corrected chi connectivity index (χ4v) is 1.77. The van der Waals surface area contributed by atoms with Gasteiger partial charge in [-0.1, -0.05) is 12.1 Å². The Bertz CT molecular complexity index is 353. The lowest BCUT2D eigenvalue weighted by Crippen LogP contribution is -2.20. The minimum Gasteiger partial charge on any atom is -0.392 e. The average molecular weight is 252 g/mol. The Morgan fingerprint density at radius 2 is 1.22 bits per heavy atom. The van der Waals surface area contributed by atoms with Gasteiger partial charge >= 0.3 is 0 Å². The third-order valence-electron chi connectivity index (χ3n) is 2.77. The molecule has 0 bridgehead atoms. The summed E-state index contributed by atoms with van der Waals surface area (Å²) in [5, 5.41) is 25.2. The summed E-state index contributed by atoms with van der Waals surface area (Å²) in [6.07, 6.45) is -0.788. The van der Waals surface area contributed by atoms with E-state index in [2.05, 4.69) is 10.6 Å². The number of aliphatic hydroxyl groups is 2. The normalized spacial score (nSPS) is 14.1. The quantitative estimate of drug-likeness (QED) is 0.624. The summed E-state index contributed by atoms with van der Waals surface area (Å²) in [7, 11) is 0. The Hall–Kier alpha value is -1.26. The van der Waals surface area contributed by atoms with Crippen molar-refractivity contribution in [3.8, 4) is 0 Å². The van der Waals surface area contributed by atoms with Crippen molar-refractivity contribution in [3.63, 3.8) is 0 Å². The number of hydrogen-bond donors (Lipinski definition) is 4. The second kappa shape index (κ2) is 6.61. The molecule has 0 aliphatic rings. The van der Waals surface area contributed by atoms with Gasteiger partial charge in [-0.05, 0) is 38.8 Å². The number of hydrogen-bond acceptors (Lipinski definition) is 4. The van der Waals surface area contributed by atoms with Crippen molar-refractivity contribution in [2.75, 3.05) is 23.7 Å². The third kappa shape index (κ3) is 4.20. The van der Waals surface area contributed by atoms with Crippen LogP contribution in [0.1, 0.15) is 25.0 Å². The van der Waals surface area contributed by atoms with E-state index in [4.69, 9.17) is 0 Å². The molecule has 102 valence electrons. The van der Waals surface area contributed by atoms with E-state index in [1.807, 2.05) is 26.0 Å². The highest BCUT2D eigenvalue weighted by atomic mass is 16.3. The second-order valence-corrected chi connectivity index (χ2v) is 4.91. The molecule has 4 nitrogen and oxygen atoms in total. The highest BCUT2D eigenvalue weighted by Gasteiger charge is 2.10. The highest BCUT2D eigenvalue weighted by Crippen LogP contribution is 2.29. The molecule has 0 aliphatic carbocycles. The van der Waals surface area contributed by atoms with Gasteiger partial charge in [-0.25, -0.2) is 0 Å². The summed E-state index contributed by atoms with van der Waals surface area (Å²) in [5.74, 6) is 0. The van der Waals surface area contributed by atoms with Crippen LogP contribution in [0.3, 0.4) is 0 Å². The van der Waals surface area contributed by atoms with Crippen LogP contribution in [0.5, 0.6) is 0 Å². The summed E-state index contributed by atoms with van der Waals surface area (Å²) in [6, 6.07) is 4.10. The van der Waals surface area contributed by atoms with Gasteiger partial charge in [0.25, 0.3) is 0 Å². The molecule has 2 unspecified atom stereocenters.